The minimum Gasteiger partial charge on any atom is -0.379 e. The lowest BCUT2D eigenvalue weighted by molar-refractivity contribution is 0.634. The summed E-state index contributed by atoms with van der Waals surface area (Å²) in [4.78, 5) is 4.40. The van der Waals surface area contributed by atoms with Gasteiger partial charge in [0.1, 0.15) is 0 Å². The van der Waals surface area contributed by atoms with Crippen LogP contribution in [0.4, 0.5) is 5.69 Å². The molecule has 0 fully saturated rings. The van der Waals surface area contributed by atoms with Gasteiger partial charge in [-0.25, -0.2) is 0 Å². The number of para-hydroxylation sites is 1. The highest BCUT2D eigenvalue weighted by molar-refractivity contribution is 5.81. The molecule has 1 N–H and O–H groups in total. The number of anilines is 1. The number of hydrogen-bond donors (Lipinski definition) is 1. The van der Waals surface area contributed by atoms with E-state index in [1.165, 1.54) is 5.39 Å². The summed E-state index contributed by atoms with van der Waals surface area (Å²) in [7, 11) is 0. The molecule has 2 heteroatoms. The molecule has 1 heterocycles. The first kappa shape index (κ1) is 9.97. The van der Waals surface area contributed by atoms with Gasteiger partial charge in [-0.3, -0.25) is 4.98 Å². The highest BCUT2D eigenvalue weighted by Crippen LogP contribution is 2.18. The Bertz CT molecular complexity index is 469. The number of nitrogens with zero attached hydrogens (tertiary/aromatic N) is 1. The summed E-state index contributed by atoms with van der Waals surface area (Å²) < 4.78 is 0. The number of hydrogen-bond acceptors (Lipinski definition) is 2. The van der Waals surface area contributed by atoms with Gasteiger partial charge < -0.3 is 5.32 Å². The summed E-state index contributed by atoms with van der Waals surface area (Å²) in [5, 5.41) is 4.58. The molecule has 15 heavy (non-hydrogen) atoms. The van der Waals surface area contributed by atoms with Crippen LogP contribution in [0.3, 0.4) is 0 Å². The van der Waals surface area contributed by atoms with Crippen LogP contribution in [0.15, 0.2) is 36.5 Å². The third-order valence-corrected chi connectivity index (χ3v) is 2.11. The van der Waals surface area contributed by atoms with Crippen molar-refractivity contribution in [3.63, 3.8) is 0 Å². The van der Waals surface area contributed by atoms with Crippen molar-refractivity contribution >= 4 is 16.6 Å². The van der Waals surface area contributed by atoms with E-state index in [-0.39, 0.29) is 5.54 Å². The van der Waals surface area contributed by atoms with E-state index < -0.39 is 0 Å². The van der Waals surface area contributed by atoms with Gasteiger partial charge in [0, 0.05) is 10.9 Å². The van der Waals surface area contributed by atoms with E-state index in [4.69, 9.17) is 0 Å². The first-order valence-corrected chi connectivity index (χ1v) is 5.18. The topological polar surface area (TPSA) is 24.9 Å². The first-order valence-electron chi connectivity index (χ1n) is 5.18. The second kappa shape index (κ2) is 3.54. The lowest BCUT2D eigenvalue weighted by atomic mass is 10.1. The zero-order chi connectivity index (χ0) is 10.9. The summed E-state index contributed by atoms with van der Waals surface area (Å²) >= 11 is 0. The molecule has 0 radical (unpaired) electrons. The van der Waals surface area contributed by atoms with Crippen molar-refractivity contribution < 1.29 is 0 Å². The van der Waals surface area contributed by atoms with Crippen molar-refractivity contribution in [1.82, 2.24) is 4.98 Å². The van der Waals surface area contributed by atoms with E-state index in [0.29, 0.717) is 0 Å². The van der Waals surface area contributed by atoms with E-state index in [1.807, 2.05) is 24.4 Å². The zero-order valence-electron chi connectivity index (χ0n) is 9.41. The van der Waals surface area contributed by atoms with Gasteiger partial charge >= 0.3 is 0 Å². The Hall–Kier alpha value is -1.57. The average Bonchev–Trinajstić information content (AvgIpc) is 2.15. The van der Waals surface area contributed by atoms with Crippen molar-refractivity contribution in [1.29, 1.82) is 0 Å². The van der Waals surface area contributed by atoms with Crippen LogP contribution in [0, 0.1) is 0 Å². The van der Waals surface area contributed by atoms with E-state index in [0.717, 1.165) is 11.2 Å². The van der Waals surface area contributed by atoms with Gasteiger partial charge in [-0.05, 0) is 32.9 Å². The van der Waals surface area contributed by atoms with Crippen LogP contribution in [0.2, 0.25) is 0 Å². The minimum absolute atomic E-state index is 0.0735. The van der Waals surface area contributed by atoms with Gasteiger partial charge in [-0.15, -0.1) is 0 Å². The van der Waals surface area contributed by atoms with Crippen molar-refractivity contribution in [2.75, 3.05) is 5.32 Å². The Morgan fingerprint density at radius 3 is 2.60 bits per heavy atom. The first-order chi connectivity index (χ1) is 7.04. The summed E-state index contributed by atoms with van der Waals surface area (Å²) in [5.41, 5.74) is 2.18. The Labute approximate surface area is 90.3 Å². The smallest absolute Gasteiger partial charge is 0.0703 e. The lowest BCUT2D eigenvalue weighted by Crippen LogP contribution is -2.26. The number of nitrogens with one attached hydrogen (secondary N) is 1. The summed E-state index contributed by atoms with van der Waals surface area (Å²) in [6.07, 6.45) is 1.88. The third kappa shape index (κ3) is 2.46. The SMILES string of the molecule is CC(C)(C)Nc1cnc2ccccc2c1. The predicted octanol–water partition coefficient (Wildman–Crippen LogP) is 3.45. The molecule has 0 unspecified atom stereocenters. The summed E-state index contributed by atoms with van der Waals surface area (Å²) in [6, 6.07) is 10.3. The normalized spacial score (nSPS) is 11.7. The van der Waals surface area contributed by atoms with Crippen LogP contribution in [-0.4, -0.2) is 10.5 Å². The van der Waals surface area contributed by atoms with E-state index in [9.17, 15) is 0 Å². The molecule has 2 rings (SSSR count). The molecule has 1 aromatic heterocycles. The maximum atomic E-state index is 4.40. The molecule has 0 saturated carbocycles. The molecule has 2 aromatic rings. The quantitative estimate of drug-likeness (QED) is 0.762. The largest absolute Gasteiger partial charge is 0.379 e. The molecule has 78 valence electrons. The van der Waals surface area contributed by atoms with Crippen molar-refractivity contribution in [2.45, 2.75) is 26.3 Å². The molecular weight excluding hydrogens is 184 g/mol. The highest BCUT2D eigenvalue weighted by Gasteiger charge is 2.09. The van der Waals surface area contributed by atoms with Crippen LogP contribution in [0.1, 0.15) is 20.8 Å². The minimum atomic E-state index is 0.0735. The molecule has 0 saturated heterocycles. The highest BCUT2D eigenvalue weighted by atomic mass is 15.0. The van der Waals surface area contributed by atoms with Gasteiger partial charge in [0.15, 0.2) is 0 Å². The molecule has 2 nitrogen and oxygen atoms in total. The van der Waals surface area contributed by atoms with Gasteiger partial charge in [0.2, 0.25) is 0 Å². The summed E-state index contributed by atoms with van der Waals surface area (Å²) in [6.45, 7) is 6.42. The molecular formula is C13H16N2. The molecule has 0 aliphatic rings. The van der Waals surface area contributed by atoms with E-state index >= 15 is 0 Å². The van der Waals surface area contributed by atoms with Gasteiger partial charge in [0.05, 0.1) is 17.4 Å². The average molecular weight is 200 g/mol. The maximum absolute atomic E-state index is 4.40. The molecule has 1 aromatic carbocycles. The maximum Gasteiger partial charge on any atom is 0.0703 e. The molecule has 0 atom stereocenters. The fourth-order valence-corrected chi connectivity index (χ4v) is 1.57. The predicted molar refractivity (Wildman–Crippen MR) is 65.1 cm³/mol. The number of aromatic nitrogens is 1. The van der Waals surface area contributed by atoms with Crippen LogP contribution in [0.5, 0.6) is 0 Å². The molecule has 0 aliphatic carbocycles. The van der Waals surface area contributed by atoms with Crippen molar-refractivity contribution in [2.24, 2.45) is 0 Å². The van der Waals surface area contributed by atoms with Gasteiger partial charge in [0.25, 0.3) is 0 Å². The van der Waals surface area contributed by atoms with Gasteiger partial charge in [-0.2, -0.15) is 0 Å². The monoisotopic (exact) mass is 200 g/mol. The Morgan fingerprint density at radius 2 is 1.87 bits per heavy atom. The summed E-state index contributed by atoms with van der Waals surface area (Å²) in [5.74, 6) is 0. The Kier molecular flexibility index (Phi) is 2.35. The fraction of sp³-hybridized carbons (Fsp3) is 0.308. The Balaban J connectivity index is 2.39. The zero-order valence-corrected chi connectivity index (χ0v) is 9.41. The third-order valence-electron chi connectivity index (χ3n) is 2.11. The molecule has 0 spiro atoms. The van der Waals surface area contributed by atoms with Crippen LogP contribution >= 0.6 is 0 Å². The number of rotatable bonds is 1. The van der Waals surface area contributed by atoms with Crippen LogP contribution in [0.25, 0.3) is 10.9 Å². The fourth-order valence-electron chi connectivity index (χ4n) is 1.57. The molecule has 0 bridgehead atoms. The van der Waals surface area contributed by atoms with Crippen LogP contribution in [-0.2, 0) is 0 Å². The number of fused-ring (bicyclic) bond motifs is 1. The Morgan fingerprint density at radius 1 is 1.13 bits per heavy atom. The molecule has 0 aliphatic heterocycles. The van der Waals surface area contributed by atoms with E-state index in [2.05, 4.69) is 43.2 Å². The second-order valence-corrected chi connectivity index (χ2v) is 4.79. The lowest BCUT2D eigenvalue weighted by Gasteiger charge is -2.21. The second-order valence-electron chi connectivity index (χ2n) is 4.79. The number of pyridine rings is 1. The van der Waals surface area contributed by atoms with Crippen molar-refractivity contribution in [3.8, 4) is 0 Å². The standard InChI is InChI=1S/C13H16N2/c1-13(2,3)15-11-8-10-6-4-5-7-12(10)14-9-11/h4-9,15H,1-3H3. The van der Waals surface area contributed by atoms with Gasteiger partial charge in [-0.1, -0.05) is 18.2 Å². The number of benzene rings is 1. The van der Waals surface area contributed by atoms with Crippen molar-refractivity contribution in [3.05, 3.63) is 36.5 Å². The van der Waals surface area contributed by atoms with E-state index in [1.54, 1.807) is 0 Å². The molecule has 0 amide bonds. The van der Waals surface area contributed by atoms with Crippen LogP contribution < -0.4 is 5.32 Å².